The summed E-state index contributed by atoms with van der Waals surface area (Å²) >= 11 is 0. The third-order valence-corrected chi connectivity index (χ3v) is 3.20. The van der Waals surface area contributed by atoms with E-state index in [0.29, 0.717) is 0 Å². The van der Waals surface area contributed by atoms with E-state index < -0.39 is 41.4 Å². The highest BCUT2D eigenvalue weighted by atomic mass is 19.3. The van der Waals surface area contributed by atoms with Crippen molar-refractivity contribution < 1.29 is 37.1 Å². The molecule has 0 unspecified atom stereocenters. The van der Waals surface area contributed by atoms with Crippen LogP contribution in [0.25, 0.3) is 0 Å². The second kappa shape index (κ2) is 8.19. The number of esters is 1. The standard InChI is InChI=1S/C16H12F3NO6/c1-24-13-6-10(12(20(22)23)7-14(13)26-16(18)19)8-25-15(21)9-3-2-4-11(17)5-9/h2-7,16H,8H2,1H3. The topological polar surface area (TPSA) is 87.9 Å². The minimum Gasteiger partial charge on any atom is -0.493 e. The molecule has 0 saturated carbocycles. The number of methoxy groups -OCH3 is 1. The van der Waals surface area contributed by atoms with Crippen LogP contribution in [0.1, 0.15) is 15.9 Å². The molecular formula is C16H12F3NO6. The number of nitro groups is 1. The van der Waals surface area contributed by atoms with Crippen LogP contribution in [-0.2, 0) is 11.3 Å². The van der Waals surface area contributed by atoms with Gasteiger partial charge in [0.05, 0.1) is 29.2 Å². The normalized spacial score (nSPS) is 10.5. The monoisotopic (exact) mass is 371 g/mol. The van der Waals surface area contributed by atoms with Gasteiger partial charge in [-0.25, -0.2) is 9.18 Å². The van der Waals surface area contributed by atoms with E-state index in [2.05, 4.69) is 4.74 Å². The molecule has 0 atom stereocenters. The van der Waals surface area contributed by atoms with Gasteiger partial charge in [0.15, 0.2) is 11.5 Å². The molecule has 0 amide bonds. The van der Waals surface area contributed by atoms with Gasteiger partial charge in [-0.15, -0.1) is 0 Å². The molecule has 0 N–H and O–H groups in total. The highest BCUT2D eigenvalue weighted by Gasteiger charge is 2.23. The van der Waals surface area contributed by atoms with Crippen molar-refractivity contribution >= 4 is 11.7 Å². The molecule has 0 heterocycles. The molecule has 0 aliphatic rings. The summed E-state index contributed by atoms with van der Waals surface area (Å²) in [5.41, 5.74) is -0.802. The molecule has 0 radical (unpaired) electrons. The fourth-order valence-corrected chi connectivity index (χ4v) is 2.07. The van der Waals surface area contributed by atoms with Gasteiger partial charge in [-0.05, 0) is 24.3 Å². The van der Waals surface area contributed by atoms with Crippen molar-refractivity contribution in [3.8, 4) is 11.5 Å². The Bertz CT molecular complexity index is 828. The van der Waals surface area contributed by atoms with Gasteiger partial charge in [0.1, 0.15) is 12.4 Å². The van der Waals surface area contributed by atoms with Crippen LogP contribution >= 0.6 is 0 Å². The minimum absolute atomic E-state index is 0.0859. The Morgan fingerprint density at radius 1 is 1.23 bits per heavy atom. The zero-order valence-corrected chi connectivity index (χ0v) is 13.3. The number of carbonyl (C=O) groups is 1. The second-order valence-corrected chi connectivity index (χ2v) is 4.85. The van der Waals surface area contributed by atoms with Crippen LogP contribution in [0.2, 0.25) is 0 Å². The van der Waals surface area contributed by atoms with Crippen LogP contribution in [0.3, 0.4) is 0 Å². The molecule has 138 valence electrons. The minimum atomic E-state index is -3.21. The molecule has 0 fully saturated rings. The Balaban J connectivity index is 2.27. The van der Waals surface area contributed by atoms with Crippen LogP contribution in [0.5, 0.6) is 11.5 Å². The third-order valence-electron chi connectivity index (χ3n) is 3.20. The Hall–Kier alpha value is -3.30. The molecule has 7 nitrogen and oxygen atoms in total. The molecule has 0 aliphatic carbocycles. The van der Waals surface area contributed by atoms with Gasteiger partial charge in [0.25, 0.3) is 5.69 Å². The molecule has 0 spiro atoms. The van der Waals surface area contributed by atoms with Gasteiger partial charge in [0.2, 0.25) is 0 Å². The van der Waals surface area contributed by atoms with E-state index in [0.717, 1.165) is 31.4 Å². The number of nitrogens with zero attached hydrogens (tertiary/aromatic N) is 1. The molecule has 2 aromatic rings. The van der Waals surface area contributed by atoms with Gasteiger partial charge in [-0.2, -0.15) is 8.78 Å². The van der Waals surface area contributed by atoms with E-state index in [9.17, 15) is 28.1 Å². The number of hydrogen-bond acceptors (Lipinski definition) is 6. The molecule has 0 saturated heterocycles. The first kappa shape index (κ1) is 19.0. The Morgan fingerprint density at radius 2 is 1.96 bits per heavy atom. The second-order valence-electron chi connectivity index (χ2n) is 4.85. The third kappa shape index (κ3) is 4.62. The number of alkyl halides is 2. The number of ether oxygens (including phenoxy) is 3. The van der Waals surface area contributed by atoms with Crippen LogP contribution in [0.4, 0.5) is 18.9 Å². The van der Waals surface area contributed by atoms with Gasteiger partial charge >= 0.3 is 12.6 Å². The Morgan fingerprint density at radius 3 is 2.54 bits per heavy atom. The first-order valence-corrected chi connectivity index (χ1v) is 7.04. The first-order valence-electron chi connectivity index (χ1n) is 7.04. The maximum atomic E-state index is 13.1. The van der Waals surface area contributed by atoms with E-state index in [1.165, 1.54) is 12.1 Å². The zero-order valence-electron chi connectivity index (χ0n) is 13.3. The van der Waals surface area contributed by atoms with Crippen molar-refractivity contribution in [2.45, 2.75) is 13.2 Å². The van der Waals surface area contributed by atoms with E-state index >= 15 is 0 Å². The molecule has 10 heteroatoms. The highest BCUT2D eigenvalue weighted by Crippen LogP contribution is 2.36. The van der Waals surface area contributed by atoms with E-state index in [1.54, 1.807) is 0 Å². The molecule has 0 aromatic heterocycles. The average Bonchev–Trinajstić information content (AvgIpc) is 2.59. The average molecular weight is 371 g/mol. The quantitative estimate of drug-likeness (QED) is 0.419. The SMILES string of the molecule is COc1cc(COC(=O)c2cccc(F)c2)c([N+](=O)[O-])cc1OC(F)F. The predicted molar refractivity (Wildman–Crippen MR) is 81.8 cm³/mol. The predicted octanol–water partition coefficient (Wildman–Crippen LogP) is 3.70. The summed E-state index contributed by atoms with van der Waals surface area (Å²) in [7, 11) is 1.15. The first-order chi connectivity index (χ1) is 12.3. The van der Waals surface area contributed by atoms with Gasteiger partial charge in [-0.3, -0.25) is 10.1 Å². The molecule has 26 heavy (non-hydrogen) atoms. The maximum Gasteiger partial charge on any atom is 0.387 e. The number of carbonyl (C=O) groups excluding carboxylic acids is 1. The highest BCUT2D eigenvalue weighted by molar-refractivity contribution is 5.89. The van der Waals surface area contributed by atoms with Crippen LogP contribution < -0.4 is 9.47 Å². The number of benzene rings is 2. The van der Waals surface area contributed by atoms with E-state index in [-0.39, 0.29) is 16.9 Å². The number of rotatable bonds is 7. The Kier molecular flexibility index (Phi) is 5.99. The number of hydrogen-bond donors (Lipinski definition) is 0. The lowest BCUT2D eigenvalue weighted by Gasteiger charge is -2.12. The van der Waals surface area contributed by atoms with Crippen molar-refractivity contribution in [2.75, 3.05) is 7.11 Å². The molecule has 0 bridgehead atoms. The molecule has 2 aromatic carbocycles. The van der Waals surface area contributed by atoms with Crippen LogP contribution in [0, 0.1) is 15.9 Å². The summed E-state index contributed by atoms with van der Waals surface area (Å²) in [6, 6.07) is 6.48. The van der Waals surface area contributed by atoms with Gasteiger partial charge in [0, 0.05) is 0 Å². The van der Waals surface area contributed by atoms with Gasteiger partial charge < -0.3 is 14.2 Å². The van der Waals surface area contributed by atoms with E-state index in [4.69, 9.17) is 9.47 Å². The summed E-state index contributed by atoms with van der Waals surface area (Å²) in [6.07, 6.45) is 0. The lowest BCUT2D eigenvalue weighted by atomic mass is 10.1. The summed E-state index contributed by atoms with van der Waals surface area (Å²) < 4.78 is 51.9. The summed E-state index contributed by atoms with van der Waals surface area (Å²) in [5.74, 6) is -2.30. The van der Waals surface area contributed by atoms with Crippen LogP contribution in [0.15, 0.2) is 36.4 Å². The summed E-state index contributed by atoms with van der Waals surface area (Å²) in [6.45, 7) is -3.77. The lowest BCUT2D eigenvalue weighted by Crippen LogP contribution is -2.09. The molecule has 2 rings (SSSR count). The van der Waals surface area contributed by atoms with Crippen molar-refractivity contribution in [1.29, 1.82) is 0 Å². The number of nitro benzene ring substituents is 1. The van der Waals surface area contributed by atoms with Crippen molar-refractivity contribution in [3.63, 3.8) is 0 Å². The molecule has 0 aliphatic heterocycles. The van der Waals surface area contributed by atoms with Crippen molar-refractivity contribution in [1.82, 2.24) is 0 Å². The fourth-order valence-electron chi connectivity index (χ4n) is 2.07. The van der Waals surface area contributed by atoms with Gasteiger partial charge in [-0.1, -0.05) is 6.07 Å². The Labute approximate surface area is 145 Å². The zero-order chi connectivity index (χ0) is 19.3. The largest absolute Gasteiger partial charge is 0.493 e. The van der Waals surface area contributed by atoms with Crippen molar-refractivity contribution in [2.24, 2.45) is 0 Å². The van der Waals surface area contributed by atoms with Crippen LogP contribution in [-0.4, -0.2) is 24.6 Å². The number of halogens is 3. The fraction of sp³-hybridized carbons (Fsp3) is 0.188. The maximum absolute atomic E-state index is 13.1. The lowest BCUT2D eigenvalue weighted by molar-refractivity contribution is -0.386. The summed E-state index contributed by atoms with van der Waals surface area (Å²) in [5, 5.41) is 11.2. The summed E-state index contributed by atoms with van der Waals surface area (Å²) in [4.78, 5) is 22.2. The molecular weight excluding hydrogens is 359 g/mol. The van der Waals surface area contributed by atoms with Crippen molar-refractivity contribution in [3.05, 3.63) is 63.5 Å². The smallest absolute Gasteiger partial charge is 0.387 e. The van der Waals surface area contributed by atoms with E-state index in [1.807, 2.05) is 0 Å².